The molecular formula is C13H16N6OS. The molecule has 21 heavy (non-hydrogen) atoms. The van der Waals surface area contributed by atoms with Crippen molar-refractivity contribution in [2.75, 3.05) is 5.43 Å². The van der Waals surface area contributed by atoms with Crippen molar-refractivity contribution >= 4 is 17.6 Å². The number of aromatic nitrogens is 4. The lowest BCUT2D eigenvalue weighted by atomic mass is 10.3. The number of aromatic amines is 1. The van der Waals surface area contributed by atoms with Gasteiger partial charge in [0.15, 0.2) is 5.16 Å². The predicted octanol–water partition coefficient (Wildman–Crippen LogP) is 1.49. The Balaban J connectivity index is 2.00. The summed E-state index contributed by atoms with van der Waals surface area (Å²) in [6.45, 7) is 3.68. The number of nitrogens with zero attached hydrogens (tertiary/aromatic N) is 3. The van der Waals surface area contributed by atoms with E-state index >= 15 is 0 Å². The number of aryl methyl sites for hydroxylation is 1. The number of hydrazine groups is 1. The molecule has 0 amide bonds. The summed E-state index contributed by atoms with van der Waals surface area (Å²) in [5.41, 5.74) is 3.96. The molecule has 0 aliphatic heterocycles. The fraction of sp³-hybridized carbons (Fsp3) is 0.385. The van der Waals surface area contributed by atoms with Crippen molar-refractivity contribution in [2.24, 2.45) is 5.84 Å². The Morgan fingerprint density at radius 3 is 2.71 bits per heavy atom. The Labute approximate surface area is 125 Å². The first-order valence-electron chi connectivity index (χ1n) is 6.68. The lowest BCUT2D eigenvalue weighted by molar-refractivity contribution is 0.852. The van der Waals surface area contributed by atoms with Crippen LogP contribution in [0.25, 0.3) is 0 Å². The van der Waals surface area contributed by atoms with Gasteiger partial charge < -0.3 is 10.4 Å². The van der Waals surface area contributed by atoms with Crippen LogP contribution in [0.2, 0.25) is 0 Å². The Morgan fingerprint density at radius 2 is 2.10 bits per heavy atom. The van der Waals surface area contributed by atoms with Crippen molar-refractivity contribution in [1.82, 2.24) is 19.9 Å². The first-order chi connectivity index (χ1) is 10.1. The number of rotatable bonds is 4. The van der Waals surface area contributed by atoms with Crippen LogP contribution in [-0.4, -0.2) is 19.9 Å². The Morgan fingerprint density at radius 1 is 1.33 bits per heavy atom. The summed E-state index contributed by atoms with van der Waals surface area (Å²) in [4.78, 5) is 27.6. The first-order valence-corrected chi connectivity index (χ1v) is 7.49. The summed E-state index contributed by atoms with van der Waals surface area (Å²) in [6.07, 6.45) is 2.22. The Kier molecular flexibility index (Phi) is 3.64. The number of nitrogens with two attached hydrogens (primary N) is 1. The molecule has 1 fully saturated rings. The lowest BCUT2D eigenvalue weighted by Gasteiger charge is -2.11. The maximum atomic E-state index is 11.5. The molecular weight excluding hydrogens is 288 g/mol. The van der Waals surface area contributed by atoms with Crippen LogP contribution in [0.1, 0.15) is 35.8 Å². The highest BCUT2D eigenvalue weighted by atomic mass is 32.2. The van der Waals surface area contributed by atoms with Crippen LogP contribution in [-0.2, 0) is 0 Å². The standard InChI is InChI=1S/C13H16N6OS/c1-6-5-9(20)16-13(15-6)21-12-7(2)10(19-14)17-11(18-12)8-3-4-8/h5,8H,3-4,14H2,1-2H3,(H,15,16,20)(H,17,18,19). The highest BCUT2D eigenvalue weighted by Gasteiger charge is 2.28. The van der Waals surface area contributed by atoms with Crippen molar-refractivity contribution in [3.05, 3.63) is 33.5 Å². The van der Waals surface area contributed by atoms with Gasteiger partial charge in [0.1, 0.15) is 16.7 Å². The molecule has 1 aliphatic rings. The maximum absolute atomic E-state index is 11.5. The molecule has 2 aromatic heterocycles. The fourth-order valence-corrected chi connectivity index (χ4v) is 2.88. The van der Waals surface area contributed by atoms with Gasteiger partial charge in [-0.3, -0.25) is 4.79 Å². The third kappa shape index (κ3) is 3.06. The molecule has 8 heteroatoms. The fourth-order valence-electron chi connectivity index (χ4n) is 1.97. The molecule has 0 spiro atoms. The lowest BCUT2D eigenvalue weighted by Crippen LogP contribution is -2.13. The van der Waals surface area contributed by atoms with Crippen molar-refractivity contribution in [3.8, 4) is 0 Å². The number of anilines is 1. The molecule has 0 aromatic carbocycles. The van der Waals surface area contributed by atoms with Gasteiger partial charge in [0, 0.05) is 23.2 Å². The van der Waals surface area contributed by atoms with E-state index in [4.69, 9.17) is 5.84 Å². The predicted molar refractivity (Wildman–Crippen MR) is 80.3 cm³/mol. The van der Waals surface area contributed by atoms with Crippen LogP contribution < -0.4 is 16.8 Å². The van der Waals surface area contributed by atoms with Crippen molar-refractivity contribution in [2.45, 2.75) is 42.8 Å². The van der Waals surface area contributed by atoms with Gasteiger partial charge in [-0.15, -0.1) is 0 Å². The topological polar surface area (TPSA) is 110 Å². The van der Waals surface area contributed by atoms with Crippen LogP contribution in [0.4, 0.5) is 5.82 Å². The van der Waals surface area contributed by atoms with Gasteiger partial charge in [0.2, 0.25) is 0 Å². The molecule has 2 heterocycles. The second-order valence-electron chi connectivity index (χ2n) is 5.07. The molecule has 2 aromatic rings. The van der Waals surface area contributed by atoms with E-state index in [9.17, 15) is 4.79 Å². The zero-order chi connectivity index (χ0) is 15.0. The van der Waals surface area contributed by atoms with Crippen LogP contribution in [0.5, 0.6) is 0 Å². The number of H-pyrrole nitrogens is 1. The summed E-state index contributed by atoms with van der Waals surface area (Å²) < 4.78 is 0. The number of nitrogens with one attached hydrogen (secondary N) is 2. The smallest absolute Gasteiger partial charge is 0.251 e. The molecule has 0 atom stereocenters. The molecule has 110 valence electrons. The first kappa shape index (κ1) is 14.0. The molecule has 7 nitrogen and oxygen atoms in total. The Bertz CT molecular complexity index is 740. The van der Waals surface area contributed by atoms with E-state index in [1.165, 1.54) is 17.8 Å². The van der Waals surface area contributed by atoms with E-state index in [1.807, 2.05) is 6.92 Å². The minimum absolute atomic E-state index is 0.170. The highest BCUT2D eigenvalue weighted by Crippen LogP contribution is 2.40. The third-order valence-corrected chi connectivity index (χ3v) is 4.22. The average Bonchev–Trinajstić information content (AvgIpc) is 3.24. The van der Waals surface area contributed by atoms with Gasteiger partial charge in [-0.05, 0) is 38.5 Å². The van der Waals surface area contributed by atoms with Gasteiger partial charge in [-0.2, -0.15) is 0 Å². The van der Waals surface area contributed by atoms with E-state index in [1.54, 1.807) is 6.92 Å². The van der Waals surface area contributed by atoms with Gasteiger partial charge >= 0.3 is 0 Å². The van der Waals surface area contributed by atoms with Crippen LogP contribution in [0.3, 0.4) is 0 Å². The second kappa shape index (κ2) is 5.45. The minimum Gasteiger partial charge on any atom is -0.308 e. The monoisotopic (exact) mass is 304 g/mol. The van der Waals surface area contributed by atoms with Crippen molar-refractivity contribution in [3.63, 3.8) is 0 Å². The summed E-state index contributed by atoms with van der Waals surface area (Å²) in [5, 5.41) is 1.28. The van der Waals surface area contributed by atoms with Crippen molar-refractivity contribution < 1.29 is 0 Å². The molecule has 0 radical (unpaired) electrons. The summed E-state index contributed by atoms with van der Waals surface area (Å²) in [7, 11) is 0. The summed E-state index contributed by atoms with van der Waals surface area (Å²) in [6, 6.07) is 1.46. The van der Waals surface area contributed by atoms with Gasteiger partial charge in [-0.1, -0.05) is 0 Å². The van der Waals surface area contributed by atoms with Crippen molar-refractivity contribution in [1.29, 1.82) is 0 Å². The largest absolute Gasteiger partial charge is 0.308 e. The quantitative estimate of drug-likeness (QED) is 0.340. The van der Waals surface area contributed by atoms with Gasteiger partial charge in [0.05, 0.1) is 0 Å². The maximum Gasteiger partial charge on any atom is 0.251 e. The number of hydrogen-bond donors (Lipinski definition) is 3. The van der Waals surface area contributed by atoms with E-state index in [-0.39, 0.29) is 5.56 Å². The number of hydrogen-bond acceptors (Lipinski definition) is 7. The van der Waals surface area contributed by atoms with E-state index < -0.39 is 0 Å². The normalized spacial score (nSPS) is 14.2. The van der Waals surface area contributed by atoms with E-state index in [0.29, 0.717) is 22.6 Å². The SMILES string of the molecule is Cc1cc(=O)[nH]c(Sc2nc(C3CC3)nc(NN)c2C)n1. The molecule has 4 N–H and O–H groups in total. The molecule has 1 aliphatic carbocycles. The molecule has 0 saturated heterocycles. The average molecular weight is 304 g/mol. The van der Waals surface area contributed by atoms with Gasteiger partial charge in [-0.25, -0.2) is 20.8 Å². The van der Waals surface area contributed by atoms with Crippen LogP contribution >= 0.6 is 11.8 Å². The van der Waals surface area contributed by atoms with E-state index in [0.717, 1.165) is 29.3 Å². The summed E-state index contributed by atoms with van der Waals surface area (Å²) >= 11 is 1.32. The minimum atomic E-state index is -0.170. The third-order valence-electron chi connectivity index (χ3n) is 3.24. The zero-order valence-electron chi connectivity index (χ0n) is 11.8. The summed E-state index contributed by atoms with van der Waals surface area (Å²) in [5.74, 6) is 7.36. The number of nitrogen functional groups attached to an aromatic ring is 1. The highest BCUT2D eigenvalue weighted by molar-refractivity contribution is 7.99. The second-order valence-corrected chi connectivity index (χ2v) is 6.05. The van der Waals surface area contributed by atoms with Crippen LogP contribution in [0.15, 0.2) is 21.0 Å². The Hall–Kier alpha value is -1.93. The van der Waals surface area contributed by atoms with Gasteiger partial charge in [0.25, 0.3) is 5.56 Å². The molecule has 1 saturated carbocycles. The molecule has 0 bridgehead atoms. The van der Waals surface area contributed by atoms with Crippen LogP contribution in [0, 0.1) is 13.8 Å². The molecule has 0 unspecified atom stereocenters. The molecule has 3 rings (SSSR count). The zero-order valence-corrected chi connectivity index (χ0v) is 12.6. The van der Waals surface area contributed by atoms with E-state index in [2.05, 4.69) is 25.4 Å².